The van der Waals surface area contributed by atoms with Gasteiger partial charge in [-0.3, -0.25) is 4.79 Å². The van der Waals surface area contributed by atoms with E-state index >= 15 is 0 Å². The minimum Gasteiger partial charge on any atom is -0.486 e. The average Bonchev–Trinajstić information content (AvgIpc) is 2.25. The summed E-state index contributed by atoms with van der Waals surface area (Å²) >= 11 is 0. The van der Waals surface area contributed by atoms with Crippen LogP contribution in [0.15, 0.2) is 36.9 Å². The molecule has 1 aromatic carbocycles. The third-order valence-corrected chi connectivity index (χ3v) is 2.22. The quantitative estimate of drug-likeness (QED) is 0.782. The summed E-state index contributed by atoms with van der Waals surface area (Å²) in [6, 6.07) is 7.21. The van der Waals surface area contributed by atoms with Crippen molar-refractivity contribution in [2.45, 2.75) is 6.10 Å². The summed E-state index contributed by atoms with van der Waals surface area (Å²) in [6.45, 7) is 4.68. The number of carbonyl (C=O) groups excluding carboxylic acids is 1. The van der Waals surface area contributed by atoms with Gasteiger partial charge < -0.3 is 14.8 Å². The number of benzene rings is 1. The number of amides is 1. The van der Waals surface area contributed by atoms with Crippen LogP contribution in [0.3, 0.4) is 0 Å². The molecule has 4 nitrogen and oxygen atoms in total. The third kappa shape index (κ3) is 2.61. The number of hydrogen-bond acceptors (Lipinski definition) is 3. The molecule has 1 fully saturated rings. The van der Waals surface area contributed by atoms with Gasteiger partial charge >= 0.3 is 0 Å². The highest BCUT2D eigenvalue weighted by atomic mass is 16.6. The molecule has 1 amide bonds. The van der Waals surface area contributed by atoms with Crippen LogP contribution in [0, 0.1) is 0 Å². The first-order valence-corrected chi connectivity index (χ1v) is 5.06. The van der Waals surface area contributed by atoms with Gasteiger partial charge in [0.25, 0.3) is 0 Å². The molecular formula is C12H13NO3. The van der Waals surface area contributed by atoms with Gasteiger partial charge in [-0.05, 0) is 30.3 Å². The fourth-order valence-corrected chi connectivity index (χ4v) is 1.28. The van der Waals surface area contributed by atoms with Gasteiger partial charge in [0, 0.05) is 5.69 Å². The summed E-state index contributed by atoms with van der Waals surface area (Å²) in [6.07, 6.45) is 1.39. The van der Waals surface area contributed by atoms with Gasteiger partial charge in [-0.25, -0.2) is 0 Å². The Labute approximate surface area is 93.9 Å². The predicted octanol–water partition coefficient (Wildman–Crippen LogP) is 1.59. The molecule has 1 saturated heterocycles. The van der Waals surface area contributed by atoms with Crippen LogP contribution in [0.1, 0.15) is 0 Å². The predicted molar refractivity (Wildman–Crippen MR) is 60.5 cm³/mol. The number of rotatable bonds is 4. The van der Waals surface area contributed by atoms with E-state index in [4.69, 9.17) is 9.47 Å². The lowest BCUT2D eigenvalue weighted by atomic mass is 10.2. The summed E-state index contributed by atoms with van der Waals surface area (Å²) in [5.74, 6) is 0.561. The van der Waals surface area contributed by atoms with Crippen LogP contribution < -0.4 is 10.1 Å². The molecule has 4 heteroatoms. The van der Waals surface area contributed by atoms with Gasteiger partial charge in [-0.2, -0.15) is 0 Å². The monoisotopic (exact) mass is 219 g/mol. The van der Waals surface area contributed by atoms with E-state index in [0.29, 0.717) is 13.2 Å². The Hall–Kier alpha value is -1.81. The summed E-state index contributed by atoms with van der Waals surface area (Å²) in [7, 11) is 0. The fourth-order valence-electron chi connectivity index (χ4n) is 1.28. The standard InChI is InChI=1S/C12H13NO3/c1-2-12(14)13-9-3-5-10(6-4-9)16-11-7-15-8-11/h2-6,11H,1,7-8H2,(H,13,14). The maximum atomic E-state index is 11.0. The molecule has 0 saturated carbocycles. The van der Waals surface area contributed by atoms with Gasteiger partial charge in [0.15, 0.2) is 0 Å². The highest BCUT2D eigenvalue weighted by Crippen LogP contribution is 2.18. The van der Waals surface area contributed by atoms with Crippen molar-refractivity contribution >= 4 is 11.6 Å². The Morgan fingerprint density at radius 3 is 2.62 bits per heavy atom. The second-order valence-electron chi connectivity index (χ2n) is 3.50. The average molecular weight is 219 g/mol. The van der Waals surface area contributed by atoms with E-state index in [1.165, 1.54) is 6.08 Å². The molecule has 0 aromatic heterocycles. The zero-order chi connectivity index (χ0) is 11.4. The normalized spacial score (nSPS) is 15.0. The summed E-state index contributed by atoms with van der Waals surface area (Å²) in [4.78, 5) is 11.0. The van der Waals surface area contributed by atoms with Crippen LogP contribution in [-0.2, 0) is 9.53 Å². The van der Waals surface area contributed by atoms with Crippen molar-refractivity contribution < 1.29 is 14.3 Å². The SMILES string of the molecule is C=CC(=O)Nc1ccc(OC2COC2)cc1. The second-order valence-corrected chi connectivity index (χ2v) is 3.50. The summed E-state index contributed by atoms with van der Waals surface area (Å²) in [5.41, 5.74) is 0.724. The molecular weight excluding hydrogens is 206 g/mol. The van der Waals surface area contributed by atoms with Crippen LogP contribution in [0.2, 0.25) is 0 Å². The van der Waals surface area contributed by atoms with Crippen molar-refractivity contribution in [1.82, 2.24) is 0 Å². The highest BCUT2D eigenvalue weighted by Gasteiger charge is 2.19. The lowest BCUT2D eigenvalue weighted by molar-refractivity contribution is -0.111. The summed E-state index contributed by atoms with van der Waals surface area (Å²) < 4.78 is 10.6. The molecule has 16 heavy (non-hydrogen) atoms. The maximum Gasteiger partial charge on any atom is 0.247 e. The minimum atomic E-state index is -0.221. The van der Waals surface area contributed by atoms with Crippen molar-refractivity contribution in [2.75, 3.05) is 18.5 Å². The molecule has 1 N–H and O–H groups in total. The maximum absolute atomic E-state index is 11.0. The number of carbonyl (C=O) groups is 1. The molecule has 1 aliphatic heterocycles. The molecule has 0 bridgehead atoms. The van der Waals surface area contributed by atoms with Gasteiger partial charge in [-0.15, -0.1) is 0 Å². The highest BCUT2D eigenvalue weighted by molar-refractivity contribution is 5.98. The fraction of sp³-hybridized carbons (Fsp3) is 0.250. The van der Waals surface area contributed by atoms with E-state index in [1.54, 1.807) is 12.1 Å². The largest absolute Gasteiger partial charge is 0.486 e. The van der Waals surface area contributed by atoms with Crippen LogP contribution in [0.25, 0.3) is 0 Å². The van der Waals surface area contributed by atoms with Gasteiger partial charge in [0.2, 0.25) is 5.91 Å². The Morgan fingerprint density at radius 1 is 1.44 bits per heavy atom. The zero-order valence-electron chi connectivity index (χ0n) is 8.81. The lowest BCUT2D eigenvalue weighted by Crippen LogP contribution is -2.38. The van der Waals surface area contributed by atoms with Crippen molar-refractivity contribution in [2.24, 2.45) is 0 Å². The van der Waals surface area contributed by atoms with Crippen LogP contribution in [-0.4, -0.2) is 25.2 Å². The van der Waals surface area contributed by atoms with E-state index in [-0.39, 0.29) is 12.0 Å². The Bertz CT molecular complexity index is 382. The molecule has 0 unspecified atom stereocenters. The molecule has 0 spiro atoms. The number of nitrogens with one attached hydrogen (secondary N) is 1. The topological polar surface area (TPSA) is 47.6 Å². The van der Waals surface area contributed by atoms with Gasteiger partial charge in [-0.1, -0.05) is 6.58 Å². The smallest absolute Gasteiger partial charge is 0.247 e. The third-order valence-electron chi connectivity index (χ3n) is 2.22. The Balaban J connectivity index is 1.92. The molecule has 1 heterocycles. The van der Waals surface area contributed by atoms with Crippen LogP contribution in [0.5, 0.6) is 5.75 Å². The molecule has 0 aliphatic carbocycles. The molecule has 2 rings (SSSR count). The van der Waals surface area contributed by atoms with E-state index in [2.05, 4.69) is 11.9 Å². The lowest BCUT2D eigenvalue weighted by Gasteiger charge is -2.26. The number of hydrogen-bond donors (Lipinski definition) is 1. The Morgan fingerprint density at radius 2 is 2.12 bits per heavy atom. The van der Waals surface area contributed by atoms with E-state index in [9.17, 15) is 4.79 Å². The first kappa shape index (κ1) is 10.7. The van der Waals surface area contributed by atoms with Gasteiger partial charge in [0.1, 0.15) is 11.9 Å². The van der Waals surface area contributed by atoms with Crippen molar-refractivity contribution in [3.63, 3.8) is 0 Å². The molecule has 1 aliphatic rings. The molecule has 0 atom stereocenters. The van der Waals surface area contributed by atoms with Crippen molar-refractivity contribution in [1.29, 1.82) is 0 Å². The van der Waals surface area contributed by atoms with E-state index in [1.807, 2.05) is 12.1 Å². The van der Waals surface area contributed by atoms with E-state index in [0.717, 1.165) is 11.4 Å². The Kier molecular flexibility index (Phi) is 3.22. The van der Waals surface area contributed by atoms with E-state index < -0.39 is 0 Å². The van der Waals surface area contributed by atoms with Crippen molar-refractivity contribution in [3.8, 4) is 5.75 Å². The number of anilines is 1. The zero-order valence-corrected chi connectivity index (χ0v) is 8.81. The molecule has 1 aromatic rings. The first-order valence-electron chi connectivity index (χ1n) is 5.06. The van der Waals surface area contributed by atoms with Gasteiger partial charge in [0.05, 0.1) is 13.2 Å². The van der Waals surface area contributed by atoms with Crippen molar-refractivity contribution in [3.05, 3.63) is 36.9 Å². The summed E-state index contributed by atoms with van der Waals surface area (Å²) in [5, 5.41) is 2.66. The molecule has 0 radical (unpaired) electrons. The molecule has 84 valence electrons. The van der Waals surface area contributed by atoms with Crippen LogP contribution >= 0.6 is 0 Å². The van der Waals surface area contributed by atoms with Crippen LogP contribution in [0.4, 0.5) is 5.69 Å². The number of ether oxygens (including phenoxy) is 2. The minimum absolute atomic E-state index is 0.161. The first-order chi connectivity index (χ1) is 7.78. The second kappa shape index (κ2) is 4.81.